The van der Waals surface area contributed by atoms with Crippen LogP contribution in [0, 0.1) is 12.7 Å². The molecule has 0 aliphatic heterocycles. The van der Waals surface area contributed by atoms with Crippen LogP contribution >= 0.6 is 11.6 Å². The summed E-state index contributed by atoms with van der Waals surface area (Å²) < 4.78 is 41.3. The Morgan fingerprint density at radius 3 is 2.15 bits per heavy atom. The molecule has 0 aromatic heterocycles. The normalized spacial score (nSPS) is 11.0. The van der Waals surface area contributed by atoms with Crippen molar-refractivity contribution < 1.29 is 22.4 Å². The summed E-state index contributed by atoms with van der Waals surface area (Å²) >= 11 is 5.88. The second kappa shape index (κ2) is 10.5. The first kappa shape index (κ1) is 24.2. The van der Waals surface area contributed by atoms with Gasteiger partial charge >= 0.3 is 0 Å². The fraction of sp³-hybridized carbons (Fsp3) is 0.130. The van der Waals surface area contributed by atoms with Crippen molar-refractivity contribution in [1.82, 2.24) is 10.6 Å². The third-order valence-corrected chi connectivity index (χ3v) is 6.23. The minimum absolute atomic E-state index is 0.0928. The SMILES string of the molecule is Cc1ccc(C(=O)NCCNC(=O)c2cccc(S(=O)(=O)Nc3cccc(Cl)c3)c2)cc1F. The van der Waals surface area contributed by atoms with Crippen molar-refractivity contribution >= 4 is 39.1 Å². The minimum atomic E-state index is -3.94. The number of rotatable bonds is 8. The maximum Gasteiger partial charge on any atom is 0.261 e. The lowest BCUT2D eigenvalue weighted by atomic mass is 10.1. The van der Waals surface area contributed by atoms with Gasteiger partial charge in [0.1, 0.15) is 5.82 Å². The zero-order valence-corrected chi connectivity index (χ0v) is 19.1. The van der Waals surface area contributed by atoms with E-state index >= 15 is 0 Å². The van der Waals surface area contributed by atoms with Gasteiger partial charge in [0.15, 0.2) is 0 Å². The van der Waals surface area contributed by atoms with E-state index in [4.69, 9.17) is 11.6 Å². The van der Waals surface area contributed by atoms with Crippen LogP contribution in [0.15, 0.2) is 71.6 Å². The topological polar surface area (TPSA) is 104 Å². The number of halogens is 2. The Kier molecular flexibility index (Phi) is 7.67. The van der Waals surface area contributed by atoms with E-state index in [1.54, 1.807) is 25.1 Å². The van der Waals surface area contributed by atoms with Crippen molar-refractivity contribution in [1.29, 1.82) is 0 Å². The molecule has 3 aromatic carbocycles. The Morgan fingerprint density at radius 2 is 1.52 bits per heavy atom. The molecular weight excluding hydrogens is 469 g/mol. The average Bonchev–Trinajstić information content (AvgIpc) is 2.78. The van der Waals surface area contributed by atoms with Crippen molar-refractivity contribution in [3.63, 3.8) is 0 Å². The number of amides is 2. The van der Waals surface area contributed by atoms with Gasteiger partial charge in [-0.25, -0.2) is 12.8 Å². The highest BCUT2D eigenvalue weighted by Crippen LogP contribution is 2.20. The van der Waals surface area contributed by atoms with Gasteiger partial charge in [0.25, 0.3) is 21.8 Å². The first-order valence-corrected chi connectivity index (χ1v) is 11.7. The van der Waals surface area contributed by atoms with Gasteiger partial charge in [-0.3, -0.25) is 14.3 Å². The summed E-state index contributed by atoms with van der Waals surface area (Å²) in [5.41, 5.74) is 1.04. The van der Waals surface area contributed by atoms with Gasteiger partial charge in [-0.05, 0) is 61.0 Å². The highest BCUT2D eigenvalue weighted by molar-refractivity contribution is 7.92. The zero-order valence-electron chi connectivity index (χ0n) is 17.6. The van der Waals surface area contributed by atoms with Crippen LogP contribution < -0.4 is 15.4 Å². The predicted molar refractivity (Wildman–Crippen MR) is 125 cm³/mol. The Balaban J connectivity index is 1.57. The Bertz CT molecular complexity index is 1300. The molecule has 0 aliphatic carbocycles. The molecule has 0 radical (unpaired) electrons. The number of benzene rings is 3. The molecule has 0 heterocycles. The lowest BCUT2D eigenvalue weighted by Gasteiger charge is -2.10. The molecule has 0 bridgehead atoms. The smallest absolute Gasteiger partial charge is 0.261 e. The van der Waals surface area contributed by atoms with Crippen LogP contribution in [0.4, 0.5) is 10.1 Å². The standard InChI is InChI=1S/C23H21ClFN3O4S/c1-15-8-9-17(13-21(15)25)23(30)27-11-10-26-22(29)16-4-2-7-20(12-16)33(31,32)28-19-6-3-5-18(24)14-19/h2-9,12-14,28H,10-11H2,1H3,(H,26,29)(H,27,30). The number of anilines is 1. The Labute approximate surface area is 196 Å². The lowest BCUT2D eigenvalue weighted by Crippen LogP contribution is -2.34. The van der Waals surface area contributed by atoms with Crippen molar-refractivity contribution in [3.8, 4) is 0 Å². The van der Waals surface area contributed by atoms with E-state index in [-0.39, 0.29) is 29.1 Å². The molecule has 0 atom stereocenters. The fourth-order valence-corrected chi connectivity index (χ4v) is 4.15. The van der Waals surface area contributed by atoms with Gasteiger partial charge in [-0.15, -0.1) is 0 Å². The van der Waals surface area contributed by atoms with E-state index in [1.165, 1.54) is 42.5 Å². The number of sulfonamides is 1. The van der Waals surface area contributed by atoms with Crippen LogP contribution in [-0.2, 0) is 10.0 Å². The second-order valence-electron chi connectivity index (χ2n) is 7.12. The monoisotopic (exact) mass is 489 g/mol. The van der Waals surface area contributed by atoms with Crippen molar-refractivity contribution in [2.24, 2.45) is 0 Å². The molecule has 10 heteroatoms. The average molecular weight is 490 g/mol. The Morgan fingerprint density at radius 1 is 0.879 bits per heavy atom. The van der Waals surface area contributed by atoms with Crippen LogP contribution in [0.3, 0.4) is 0 Å². The zero-order chi connectivity index (χ0) is 24.0. The van der Waals surface area contributed by atoms with Crippen LogP contribution in [-0.4, -0.2) is 33.3 Å². The van der Waals surface area contributed by atoms with Gasteiger partial charge in [0.2, 0.25) is 0 Å². The third kappa shape index (κ3) is 6.53. The van der Waals surface area contributed by atoms with E-state index in [0.29, 0.717) is 16.3 Å². The molecule has 3 aromatic rings. The third-order valence-electron chi connectivity index (χ3n) is 4.61. The largest absolute Gasteiger partial charge is 0.350 e. The molecule has 0 saturated carbocycles. The number of hydrogen-bond acceptors (Lipinski definition) is 4. The highest BCUT2D eigenvalue weighted by Gasteiger charge is 2.17. The molecule has 3 rings (SSSR count). The van der Waals surface area contributed by atoms with Crippen molar-refractivity contribution in [2.45, 2.75) is 11.8 Å². The second-order valence-corrected chi connectivity index (χ2v) is 9.24. The number of carbonyl (C=O) groups is 2. The quantitative estimate of drug-likeness (QED) is 0.419. The summed E-state index contributed by atoms with van der Waals surface area (Å²) in [4.78, 5) is 24.4. The number of nitrogens with one attached hydrogen (secondary N) is 3. The van der Waals surface area contributed by atoms with Crippen molar-refractivity contribution in [2.75, 3.05) is 17.8 Å². The first-order valence-electron chi connectivity index (χ1n) is 9.87. The summed E-state index contributed by atoms with van der Waals surface area (Å²) in [6.07, 6.45) is 0. The molecule has 7 nitrogen and oxygen atoms in total. The molecular formula is C23H21ClFN3O4S. The van der Waals surface area contributed by atoms with Gasteiger partial charge in [-0.2, -0.15) is 0 Å². The predicted octanol–water partition coefficient (Wildman–Crippen LogP) is 3.75. The van der Waals surface area contributed by atoms with Gasteiger partial charge < -0.3 is 10.6 Å². The molecule has 0 unspecified atom stereocenters. The summed E-state index contributed by atoms with van der Waals surface area (Å²) in [5.74, 6) is -1.45. The van der Waals surface area contributed by atoms with Gasteiger partial charge in [0.05, 0.1) is 10.6 Å². The summed E-state index contributed by atoms with van der Waals surface area (Å²) in [6, 6.07) is 16.0. The molecule has 172 valence electrons. The lowest BCUT2D eigenvalue weighted by molar-refractivity contribution is 0.0927. The summed E-state index contributed by atoms with van der Waals surface area (Å²) in [7, 11) is -3.94. The minimum Gasteiger partial charge on any atom is -0.350 e. The van der Waals surface area contributed by atoms with Gasteiger partial charge in [-0.1, -0.05) is 29.8 Å². The first-order chi connectivity index (χ1) is 15.7. The van der Waals surface area contributed by atoms with Crippen LogP contribution in [0.2, 0.25) is 5.02 Å². The summed E-state index contributed by atoms with van der Waals surface area (Å²) in [5, 5.41) is 5.56. The van der Waals surface area contributed by atoms with Crippen molar-refractivity contribution in [3.05, 3.63) is 94.3 Å². The Hall–Kier alpha value is -3.43. The molecule has 2 amide bonds. The fourth-order valence-electron chi connectivity index (χ4n) is 2.86. The highest BCUT2D eigenvalue weighted by atomic mass is 35.5. The van der Waals surface area contributed by atoms with E-state index < -0.39 is 27.7 Å². The molecule has 3 N–H and O–H groups in total. The maximum absolute atomic E-state index is 13.6. The molecule has 0 spiro atoms. The maximum atomic E-state index is 13.6. The number of hydrogen-bond donors (Lipinski definition) is 3. The van der Waals surface area contributed by atoms with Crippen LogP contribution in [0.5, 0.6) is 0 Å². The molecule has 33 heavy (non-hydrogen) atoms. The van der Waals surface area contributed by atoms with Gasteiger partial charge in [0, 0.05) is 29.2 Å². The molecule has 0 saturated heterocycles. The van der Waals surface area contributed by atoms with E-state index in [9.17, 15) is 22.4 Å². The van der Waals surface area contributed by atoms with E-state index in [0.717, 1.165) is 6.07 Å². The molecule has 0 aliphatic rings. The number of carbonyl (C=O) groups excluding carboxylic acids is 2. The van der Waals surface area contributed by atoms with E-state index in [1.807, 2.05) is 0 Å². The van der Waals surface area contributed by atoms with Crippen LogP contribution in [0.25, 0.3) is 0 Å². The summed E-state index contributed by atoms with van der Waals surface area (Å²) in [6.45, 7) is 1.80. The molecule has 0 fully saturated rings. The number of aryl methyl sites for hydroxylation is 1. The van der Waals surface area contributed by atoms with E-state index in [2.05, 4.69) is 15.4 Å². The van der Waals surface area contributed by atoms with Crippen LogP contribution in [0.1, 0.15) is 26.3 Å².